The van der Waals surface area contributed by atoms with E-state index in [1.54, 1.807) is 30.5 Å². The van der Waals surface area contributed by atoms with Gasteiger partial charge in [-0.1, -0.05) is 23.8 Å². The molecule has 0 aliphatic carbocycles. The average Bonchev–Trinajstić information content (AvgIpc) is 2.81. The number of rotatable bonds is 2. The van der Waals surface area contributed by atoms with Crippen LogP contribution in [0, 0.1) is 6.92 Å². The van der Waals surface area contributed by atoms with Crippen LogP contribution < -0.4 is 0 Å². The lowest BCUT2D eigenvalue weighted by Gasteiger charge is -2.00. The number of aromatic carboxylic acids is 1. The van der Waals surface area contributed by atoms with Gasteiger partial charge in [-0.25, -0.2) is 4.79 Å². The lowest BCUT2D eigenvalue weighted by atomic mass is 10.0. The molecule has 2 aromatic carbocycles. The topological polar surface area (TPSA) is 50.4 Å². The highest BCUT2D eigenvalue weighted by molar-refractivity contribution is 5.95. The van der Waals surface area contributed by atoms with Gasteiger partial charge in [-0.2, -0.15) is 0 Å². The number of furan rings is 1. The van der Waals surface area contributed by atoms with Gasteiger partial charge in [0.25, 0.3) is 0 Å². The molecule has 0 aliphatic heterocycles. The molecule has 19 heavy (non-hydrogen) atoms. The predicted octanol–water partition coefficient (Wildman–Crippen LogP) is 4.11. The summed E-state index contributed by atoms with van der Waals surface area (Å²) in [4.78, 5) is 10.8. The smallest absolute Gasteiger partial charge is 0.335 e. The molecule has 0 unspecified atom stereocenters. The van der Waals surface area contributed by atoms with E-state index < -0.39 is 5.97 Å². The molecular formula is C16H12O3. The van der Waals surface area contributed by atoms with Crippen molar-refractivity contribution in [2.45, 2.75) is 6.92 Å². The number of hydrogen-bond donors (Lipinski definition) is 1. The van der Waals surface area contributed by atoms with E-state index >= 15 is 0 Å². The molecule has 0 spiro atoms. The normalized spacial score (nSPS) is 10.8. The molecule has 3 aromatic rings. The van der Waals surface area contributed by atoms with Crippen LogP contribution in [0.3, 0.4) is 0 Å². The van der Waals surface area contributed by atoms with E-state index in [2.05, 4.69) is 6.07 Å². The van der Waals surface area contributed by atoms with Gasteiger partial charge in [0.05, 0.1) is 11.8 Å². The van der Waals surface area contributed by atoms with Crippen molar-refractivity contribution in [1.82, 2.24) is 0 Å². The molecule has 0 saturated carbocycles. The summed E-state index contributed by atoms with van der Waals surface area (Å²) in [7, 11) is 0. The van der Waals surface area contributed by atoms with E-state index in [0.29, 0.717) is 0 Å². The zero-order chi connectivity index (χ0) is 13.4. The summed E-state index contributed by atoms with van der Waals surface area (Å²) in [6, 6.07) is 12.8. The first-order valence-corrected chi connectivity index (χ1v) is 5.97. The van der Waals surface area contributed by atoms with Crippen LogP contribution in [-0.4, -0.2) is 11.1 Å². The van der Waals surface area contributed by atoms with Crippen molar-refractivity contribution < 1.29 is 14.3 Å². The summed E-state index contributed by atoms with van der Waals surface area (Å²) in [5.74, 6) is -0.917. The van der Waals surface area contributed by atoms with Crippen molar-refractivity contribution in [2.75, 3.05) is 0 Å². The van der Waals surface area contributed by atoms with Crippen LogP contribution in [0.2, 0.25) is 0 Å². The van der Waals surface area contributed by atoms with Gasteiger partial charge < -0.3 is 9.52 Å². The maximum Gasteiger partial charge on any atom is 0.335 e. The van der Waals surface area contributed by atoms with E-state index in [9.17, 15) is 4.79 Å². The molecule has 0 atom stereocenters. The van der Waals surface area contributed by atoms with Gasteiger partial charge in [-0.05, 0) is 36.8 Å². The Morgan fingerprint density at radius 1 is 1.11 bits per heavy atom. The Morgan fingerprint density at radius 2 is 1.84 bits per heavy atom. The maximum absolute atomic E-state index is 10.8. The first-order valence-electron chi connectivity index (χ1n) is 5.97. The first-order chi connectivity index (χ1) is 9.15. The maximum atomic E-state index is 10.8. The first kappa shape index (κ1) is 11.5. The highest BCUT2D eigenvalue weighted by atomic mass is 16.4. The lowest BCUT2D eigenvalue weighted by molar-refractivity contribution is 0.0697. The minimum atomic E-state index is -0.917. The lowest BCUT2D eigenvalue weighted by Crippen LogP contribution is -1.94. The Bertz CT molecular complexity index is 751. The molecule has 0 radical (unpaired) electrons. The fraction of sp³-hybridized carbons (Fsp3) is 0.0625. The summed E-state index contributed by atoms with van der Waals surface area (Å²) in [5.41, 5.74) is 4.22. The SMILES string of the molecule is Cc1ccc2occ(-c3ccc(C(=O)O)cc3)c2c1. The Morgan fingerprint density at radius 3 is 2.53 bits per heavy atom. The molecule has 1 aromatic heterocycles. The molecule has 1 N–H and O–H groups in total. The van der Waals surface area contributed by atoms with Gasteiger partial charge in [0, 0.05) is 10.9 Å². The minimum absolute atomic E-state index is 0.285. The Kier molecular flexibility index (Phi) is 2.60. The molecule has 3 nitrogen and oxygen atoms in total. The molecule has 94 valence electrons. The van der Waals surface area contributed by atoms with Crippen molar-refractivity contribution in [2.24, 2.45) is 0 Å². The summed E-state index contributed by atoms with van der Waals surface area (Å²) in [5, 5.41) is 9.94. The summed E-state index contributed by atoms with van der Waals surface area (Å²) < 4.78 is 5.52. The van der Waals surface area contributed by atoms with E-state index in [4.69, 9.17) is 9.52 Å². The summed E-state index contributed by atoms with van der Waals surface area (Å²) in [6.07, 6.45) is 1.71. The molecule has 0 bridgehead atoms. The quantitative estimate of drug-likeness (QED) is 0.746. The van der Waals surface area contributed by atoms with E-state index in [1.807, 2.05) is 19.1 Å². The van der Waals surface area contributed by atoms with Gasteiger partial charge in [-0.3, -0.25) is 0 Å². The molecule has 3 rings (SSSR count). The van der Waals surface area contributed by atoms with Gasteiger partial charge >= 0.3 is 5.97 Å². The Labute approximate surface area is 110 Å². The van der Waals surface area contributed by atoms with Crippen LogP contribution in [-0.2, 0) is 0 Å². The number of hydrogen-bond acceptors (Lipinski definition) is 2. The Balaban J connectivity index is 2.13. The third-order valence-corrected chi connectivity index (χ3v) is 3.17. The zero-order valence-electron chi connectivity index (χ0n) is 10.4. The van der Waals surface area contributed by atoms with Crippen LogP contribution in [0.4, 0.5) is 0 Å². The highest BCUT2D eigenvalue weighted by Gasteiger charge is 2.09. The van der Waals surface area contributed by atoms with Crippen molar-refractivity contribution >= 4 is 16.9 Å². The van der Waals surface area contributed by atoms with Crippen LogP contribution in [0.25, 0.3) is 22.1 Å². The molecular weight excluding hydrogens is 240 g/mol. The van der Waals surface area contributed by atoms with Crippen molar-refractivity contribution in [1.29, 1.82) is 0 Å². The third-order valence-electron chi connectivity index (χ3n) is 3.17. The monoisotopic (exact) mass is 252 g/mol. The van der Waals surface area contributed by atoms with Crippen LogP contribution in [0.1, 0.15) is 15.9 Å². The van der Waals surface area contributed by atoms with E-state index in [1.165, 1.54) is 0 Å². The van der Waals surface area contributed by atoms with Gasteiger partial charge in [0.2, 0.25) is 0 Å². The molecule has 0 amide bonds. The number of carboxylic acids is 1. The molecule has 1 heterocycles. The molecule has 0 fully saturated rings. The molecule has 3 heteroatoms. The van der Waals surface area contributed by atoms with Crippen molar-refractivity contribution in [3.05, 3.63) is 59.9 Å². The number of aryl methyl sites for hydroxylation is 1. The van der Waals surface area contributed by atoms with Crippen molar-refractivity contribution in [3.8, 4) is 11.1 Å². The average molecular weight is 252 g/mol. The summed E-state index contributed by atoms with van der Waals surface area (Å²) in [6.45, 7) is 2.03. The van der Waals surface area contributed by atoms with Crippen LogP contribution in [0.5, 0.6) is 0 Å². The second-order valence-corrected chi connectivity index (χ2v) is 4.53. The Hall–Kier alpha value is -2.55. The fourth-order valence-electron chi connectivity index (χ4n) is 2.16. The number of carbonyl (C=O) groups is 1. The molecule has 0 saturated heterocycles. The highest BCUT2D eigenvalue weighted by Crippen LogP contribution is 2.31. The van der Waals surface area contributed by atoms with Gasteiger partial charge in [-0.15, -0.1) is 0 Å². The standard InChI is InChI=1S/C16H12O3/c1-10-2-7-15-13(8-10)14(9-19-15)11-3-5-12(6-4-11)16(17)18/h2-9H,1H3,(H,17,18). The predicted molar refractivity (Wildman–Crippen MR) is 73.3 cm³/mol. The third kappa shape index (κ3) is 1.99. The van der Waals surface area contributed by atoms with E-state index in [-0.39, 0.29) is 5.56 Å². The largest absolute Gasteiger partial charge is 0.478 e. The second kappa shape index (κ2) is 4.28. The van der Waals surface area contributed by atoms with Crippen LogP contribution >= 0.6 is 0 Å². The number of carboxylic acid groups (broad SMARTS) is 1. The van der Waals surface area contributed by atoms with E-state index in [0.717, 1.165) is 27.7 Å². The fourth-order valence-corrected chi connectivity index (χ4v) is 2.16. The number of benzene rings is 2. The van der Waals surface area contributed by atoms with Gasteiger partial charge in [0.15, 0.2) is 0 Å². The zero-order valence-corrected chi connectivity index (χ0v) is 10.4. The minimum Gasteiger partial charge on any atom is -0.478 e. The second-order valence-electron chi connectivity index (χ2n) is 4.53. The van der Waals surface area contributed by atoms with Crippen molar-refractivity contribution in [3.63, 3.8) is 0 Å². The van der Waals surface area contributed by atoms with Gasteiger partial charge in [0.1, 0.15) is 5.58 Å². The van der Waals surface area contributed by atoms with Crippen LogP contribution in [0.15, 0.2) is 53.1 Å². The number of fused-ring (bicyclic) bond motifs is 1. The molecule has 0 aliphatic rings. The summed E-state index contributed by atoms with van der Waals surface area (Å²) >= 11 is 0.